The van der Waals surface area contributed by atoms with Crippen molar-refractivity contribution in [2.24, 2.45) is 0 Å². The molecule has 0 aliphatic carbocycles. The van der Waals surface area contributed by atoms with Gasteiger partial charge in [-0.3, -0.25) is 4.79 Å². The minimum atomic E-state index is -0.218. The summed E-state index contributed by atoms with van der Waals surface area (Å²) in [4.78, 5) is 19.4. The van der Waals surface area contributed by atoms with Crippen molar-refractivity contribution < 1.29 is 18.8 Å². The van der Waals surface area contributed by atoms with Crippen molar-refractivity contribution in [3.63, 3.8) is 0 Å². The van der Waals surface area contributed by atoms with E-state index >= 15 is 0 Å². The maximum Gasteiger partial charge on any atom is 0.254 e. The molecule has 1 saturated heterocycles. The second-order valence-corrected chi connectivity index (χ2v) is 7.05. The largest absolute Gasteiger partial charge is 0.493 e. The molecule has 1 atom stereocenters. The zero-order valence-electron chi connectivity index (χ0n) is 16.7. The number of ether oxygens (including phenoxy) is 2. The lowest BCUT2D eigenvalue weighted by molar-refractivity contribution is 0.0710. The zero-order chi connectivity index (χ0) is 20.4. The Morgan fingerprint density at radius 2 is 1.97 bits per heavy atom. The van der Waals surface area contributed by atoms with Crippen molar-refractivity contribution >= 4 is 5.91 Å². The van der Waals surface area contributed by atoms with E-state index in [0.717, 1.165) is 24.0 Å². The van der Waals surface area contributed by atoms with Crippen LogP contribution in [0.3, 0.4) is 0 Å². The Morgan fingerprint density at radius 3 is 2.72 bits per heavy atom. The number of rotatable bonds is 5. The molecule has 1 aromatic heterocycles. The van der Waals surface area contributed by atoms with Gasteiger partial charge in [0.2, 0.25) is 11.7 Å². The van der Waals surface area contributed by atoms with Crippen LogP contribution in [0.1, 0.15) is 40.7 Å². The number of aryl methyl sites for hydroxylation is 1. The van der Waals surface area contributed by atoms with Gasteiger partial charge in [0.1, 0.15) is 6.04 Å². The minimum Gasteiger partial charge on any atom is -0.493 e. The number of nitrogens with zero attached hydrogens (tertiary/aromatic N) is 3. The van der Waals surface area contributed by atoms with Gasteiger partial charge in [-0.15, -0.1) is 0 Å². The fraction of sp³-hybridized carbons (Fsp3) is 0.318. The number of benzene rings is 2. The smallest absolute Gasteiger partial charge is 0.254 e. The fourth-order valence-electron chi connectivity index (χ4n) is 3.67. The van der Waals surface area contributed by atoms with Crippen molar-refractivity contribution in [2.75, 3.05) is 20.8 Å². The Hall–Kier alpha value is -3.35. The van der Waals surface area contributed by atoms with Gasteiger partial charge >= 0.3 is 0 Å². The van der Waals surface area contributed by atoms with Gasteiger partial charge in [-0.25, -0.2) is 0 Å². The Bertz CT molecular complexity index is 1030. The number of amides is 1. The van der Waals surface area contributed by atoms with Crippen LogP contribution in [0.15, 0.2) is 47.0 Å². The van der Waals surface area contributed by atoms with Gasteiger partial charge in [0, 0.05) is 17.7 Å². The molecule has 0 spiro atoms. The highest BCUT2D eigenvalue weighted by molar-refractivity contribution is 5.94. The zero-order valence-corrected chi connectivity index (χ0v) is 16.7. The van der Waals surface area contributed by atoms with E-state index in [2.05, 4.69) is 10.1 Å². The van der Waals surface area contributed by atoms with Gasteiger partial charge in [-0.1, -0.05) is 22.9 Å². The van der Waals surface area contributed by atoms with Crippen LogP contribution in [-0.2, 0) is 0 Å². The monoisotopic (exact) mass is 393 g/mol. The average molecular weight is 393 g/mol. The predicted octanol–water partition coefficient (Wildman–Crippen LogP) is 4.04. The molecular weight excluding hydrogens is 370 g/mol. The number of hydrogen-bond acceptors (Lipinski definition) is 6. The SMILES string of the molecule is COc1ccc(-c2noc([C@@H]3CCCN3C(=O)c3cccc(C)c3)n2)cc1OC. The Kier molecular flexibility index (Phi) is 5.20. The van der Waals surface area contributed by atoms with Crippen molar-refractivity contribution in [1.82, 2.24) is 15.0 Å². The summed E-state index contributed by atoms with van der Waals surface area (Å²) < 4.78 is 16.2. The van der Waals surface area contributed by atoms with Crippen LogP contribution < -0.4 is 9.47 Å². The molecule has 1 fully saturated rings. The highest BCUT2D eigenvalue weighted by Gasteiger charge is 2.34. The van der Waals surface area contributed by atoms with E-state index in [1.54, 1.807) is 26.4 Å². The summed E-state index contributed by atoms with van der Waals surface area (Å²) >= 11 is 0. The standard InChI is InChI=1S/C22H23N3O4/c1-14-6-4-7-16(12-14)22(26)25-11-5-8-17(25)21-23-20(24-29-21)15-9-10-18(27-2)19(13-15)28-3/h4,6-7,9-10,12-13,17H,5,8,11H2,1-3H3/t17-/m0/s1. The highest BCUT2D eigenvalue weighted by Crippen LogP contribution is 2.35. The summed E-state index contributed by atoms with van der Waals surface area (Å²) in [7, 11) is 3.17. The molecule has 0 unspecified atom stereocenters. The number of carbonyl (C=O) groups is 1. The molecule has 3 aromatic rings. The van der Waals surface area contributed by atoms with Crippen molar-refractivity contribution in [3.05, 3.63) is 59.5 Å². The first kappa shape index (κ1) is 19.0. The van der Waals surface area contributed by atoms with E-state index in [0.29, 0.717) is 35.3 Å². The number of aromatic nitrogens is 2. The van der Waals surface area contributed by atoms with Crippen LogP contribution in [0.2, 0.25) is 0 Å². The van der Waals surface area contributed by atoms with Crippen molar-refractivity contribution in [1.29, 1.82) is 0 Å². The number of likely N-dealkylation sites (tertiary alicyclic amines) is 1. The molecule has 0 N–H and O–H groups in total. The molecule has 150 valence electrons. The number of methoxy groups -OCH3 is 2. The summed E-state index contributed by atoms with van der Waals surface area (Å²) in [6.07, 6.45) is 1.70. The molecule has 29 heavy (non-hydrogen) atoms. The molecule has 4 rings (SSSR count). The summed E-state index contributed by atoms with van der Waals surface area (Å²) in [5, 5.41) is 4.12. The maximum atomic E-state index is 13.0. The van der Waals surface area contributed by atoms with Crippen LogP contribution in [0.25, 0.3) is 11.4 Å². The molecule has 1 aliphatic heterocycles. The van der Waals surface area contributed by atoms with E-state index in [9.17, 15) is 4.79 Å². The molecule has 7 nitrogen and oxygen atoms in total. The summed E-state index contributed by atoms with van der Waals surface area (Å²) in [6, 6.07) is 12.9. The normalized spacial score (nSPS) is 16.1. The van der Waals surface area contributed by atoms with Gasteiger partial charge in [0.15, 0.2) is 11.5 Å². The molecular formula is C22H23N3O4. The van der Waals surface area contributed by atoms with E-state index in [1.807, 2.05) is 42.2 Å². The van der Waals surface area contributed by atoms with E-state index in [-0.39, 0.29) is 11.9 Å². The van der Waals surface area contributed by atoms with E-state index < -0.39 is 0 Å². The molecule has 1 aliphatic rings. The van der Waals surface area contributed by atoms with Crippen molar-refractivity contribution in [3.8, 4) is 22.9 Å². The topological polar surface area (TPSA) is 77.7 Å². The first-order chi connectivity index (χ1) is 14.1. The average Bonchev–Trinajstić information content (AvgIpc) is 3.42. The van der Waals surface area contributed by atoms with Gasteiger partial charge in [-0.2, -0.15) is 4.98 Å². The van der Waals surface area contributed by atoms with Crippen LogP contribution in [0.5, 0.6) is 11.5 Å². The number of carbonyl (C=O) groups excluding carboxylic acids is 1. The summed E-state index contributed by atoms with van der Waals surface area (Å²) in [6.45, 7) is 2.65. The third-order valence-corrected chi connectivity index (χ3v) is 5.15. The first-order valence-electron chi connectivity index (χ1n) is 9.54. The highest BCUT2D eigenvalue weighted by atomic mass is 16.5. The maximum absolute atomic E-state index is 13.0. The third-order valence-electron chi connectivity index (χ3n) is 5.15. The Labute approximate surface area is 169 Å². The molecule has 1 amide bonds. The molecule has 0 radical (unpaired) electrons. The summed E-state index contributed by atoms with van der Waals surface area (Å²) in [5.74, 6) is 2.12. The molecule has 0 saturated carbocycles. The van der Waals surface area contributed by atoms with Gasteiger partial charge < -0.3 is 18.9 Å². The third kappa shape index (κ3) is 3.68. The summed E-state index contributed by atoms with van der Waals surface area (Å²) in [5.41, 5.74) is 2.49. The van der Waals surface area contributed by atoms with Crippen molar-refractivity contribution in [2.45, 2.75) is 25.8 Å². The minimum absolute atomic E-state index is 0.0120. The Balaban J connectivity index is 1.59. The second kappa shape index (κ2) is 7.95. The van der Waals surface area contributed by atoms with Crippen LogP contribution in [0, 0.1) is 6.92 Å². The van der Waals surface area contributed by atoms with Crippen LogP contribution in [0.4, 0.5) is 0 Å². The molecule has 7 heteroatoms. The quantitative estimate of drug-likeness (QED) is 0.651. The van der Waals surface area contributed by atoms with E-state index in [4.69, 9.17) is 14.0 Å². The molecule has 2 heterocycles. The molecule has 0 bridgehead atoms. The van der Waals surface area contributed by atoms with E-state index in [1.165, 1.54) is 0 Å². The van der Waals surface area contributed by atoms with Crippen LogP contribution >= 0.6 is 0 Å². The second-order valence-electron chi connectivity index (χ2n) is 7.05. The number of hydrogen-bond donors (Lipinski definition) is 0. The van der Waals surface area contributed by atoms with Crippen LogP contribution in [-0.4, -0.2) is 41.7 Å². The Morgan fingerprint density at radius 1 is 1.14 bits per heavy atom. The lowest BCUT2D eigenvalue weighted by Gasteiger charge is -2.22. The van der Waals surface area contributed by atoms with Gasteiger partial charge in [-0.05, 0) is 50.1 Å². The molecule has 2 aromatic carbocycles. The predicted molar refractivity (Wildman–Crippen MR) is 107 cm³/mol. The lowest BCUT2D eigenvalue weighted by atomic mass is 10.1. The first-order valence-corrected chi connectivity index (χ1v) is 9.54. The fourth-order valence-corrected chi connectivity index (χ4v) is 3.67. The van der Waals surface area contributed by atoms with Gasteiger partial charge in [0.25, 0.3) is 5.91 Å². The van der Waals surface area contributed by atoms with Gasteiger partial charge in [0.05, 0.1) is 14.2 Å². The lowest BCUT2D eigenvalue weighted by Crippen LogP contribution is -2.30.